The molecule has 2 aromatic carbocycles. The molecule has 0 atom stereocenters. The van der Waals surface area contributed by atoms with Gasteiger partial charge in [-0.05, 0) is 30.7 Å². The Morgan fingerprint density at radius 2 is 1.62 bits per heavy atom. The second-order valence-electron chi connectivity index (χ2n) is 5.50. The average Bonchev–Trinajstić information content (AvgIpc) is 2.48. The van der Waals surface area contributed by atoms with Crippen LogP contribution in [-0.2, 0) is 0 Å². The Morgan fingerprint density at radius 1 is 0.905 bits per heavy atom. The smallest absolute Gasteiger partial charge is 0.169 e. The van der Waals surface area contributed by atoms with Gasteiger partial charge in [-0.15, -0.1) is 0 Å². The van der Waals surface area contributed by atoms with Crippen LogP contribution in [0.2, 0.25) is 13.6 Å². The monoisotopic (exact) mass is 282 g/mol. The number of hydrogen-bond donors (Lipinski definition) is 0. The maximum absolute atomic E-state index is 5.88. The minimum atomic E-state index is 0.536. The Kier molecular flexibility index (Phi) is 5.73. The number of rotatable bonds is 7. The van der Waals surface area contributed by atoms with E-state index in [2.05, 4.69) is 32.7 Å². The van der Waals surface area contributed by atoms with Crippen molar-refractivity contribution in [2.75, 3.05) is 6.61 Å². The van der Waals surface area contributed by atoms with E-state index in [-0.39, 0.29) is 0 Å². The van der Waals surface area contributed by atoms with Gasteiger partial charge in [0.25, 0.3) is 0 Å². The van der Waals surface area contributed by atoms with Crippen molar-refractivity contribution < 1.29 is 9.47 Å². The fourth-order valence-corrected chi connectivity index (χ4v) is 2.02. The summed E-state index contributed by atoms with van der Waals surface area (Å²) in [6.45, 7) is 7.82. The molecular weight excluding hydrogens is 259 g/mol. The molecule has 0 saturated carbocycles. The lowest BCUT2D eigenvalue weighted by Crippen LogP contribution is -2.21. The molecule has 0 N–H and O–H groups in total. The fraction of sp³-hybridized carbons (Fsp3) is 0.333. The molecule has 21 heavy (non-hydrogen) atoms. The zero-order valence-corrected chi connectivity index (χ0v) is 13.1. The summed E-state index contributed by atoms with van der Waals surface area (Å²) >= 11 is 0. The van der Waals surface area contributed by atoms with Crippen molar-refractivity contribution in [3.05, 3.63) is 48.5 Å². The fourth-order valence-electron chi connectivity index (χ4n) is 2.02. The van der Waals surface area contributed by atoms with Crippen LogP contribution in [0.4, 0.5) is 0 Å². The van der Waals surface area contributed by atoms with Gasteiger partial charge in [0, 0.05) is 6.07 Å². The second kappa shape index (κ2) is 7.77. The summed E-state index contributed by atoms with van der Waals surface area (Å²) in [5.41, 5.74) is 1.32. The molecule has 110 valence electrons. The largest absolute Gasteiger partial charge is 0.493 e. The van der Waals surface area contributed by atoms with E-state index in [0.29, 0.717) is 6.71 Å². The summed E-state index contributed by atoms with van der Waals surface area (Å²) < 4.78 is 11.6. The molecule has 0 radical (unpaired) electrons. The van der Waals surface area contributed by atoms with E-state index in [1.807, 2.05) is 36.4 Å². The van der Waals surface area contributed by atoms with Gasteiger partial charge < -0.3 is 9.47 Å². The third-order valence-corrected chi connectivity index (χ3v) is 3.35. The van der Waals surface area contributed by atoms with Crippen LogP contribution >= 0.6 is 0 Å². The van der Waals surface area contributed by atoms with Gasteiger partial charge >= 0.3 is 0 Å². The van der Waals surface area contributed by atoms with Gasteiger partial charge in [-0.2, -0.15) is 0 Å². The van der Waals surface area contributed by atoms with Crippen molar-refractivity contribution in [2.24, 2.45) is 0 Å². The first kappa shape index (κ1) is 15.5. The third-order valence-electron chi connectivity index (χ3n) is 3.35. The molecule has 2 aromatic rings. The quantitative estimate of drug-likeness (QED) is 0.545. The Balaban J connectivity index is 2.00. The van der Waals surface area contributed by atoms with Gasteiger partial charge in [-0.1, -0.05) is 50.7 Å². The van der Waals surface area contributed by atoms with Crippen molar-refractivity contribution in [1.82, 2.24) is 0 Å². The summed E-state index contributed by atoms with van der Waals surface area (Å²) in [7, 11) is 0. The van der Waals surface area contributed by atoms with Gasteiger partial charge in [0.2, 0.25) is 0 Å². The zero-order valence-electron chi connectivity index (χ0n) is 13.1. The SMILES string of the molecule is CCCCOc1cccc(Oc2ccc(B(C)C)cc2)c1. The van der Waals surface area contributed by atoms with Crippen LogP contribution < -0.4 is 14.9 Å². The molecule has 2 nitrogen and oxygen atoms in total. The highest BCUT2D eigenvalue weighted by molar-refractivity contribution is 6.70. The number of benzene rings is 2. The predicted molar refractivity (Wildman–Crippen MR) is 90.5 cm³/mol. The number of hydrogen-bond acceptors (Lipinski definition) is 2. The van der Waals surface area contributed by atoms with Crippen LogP contribution in [0.3, 0.4) is 0 Å². The van der Waals surface area contributed by atoms with E-state index in [1.165, 1.54) is 5.46 Å². The van der Waals surface area contributed by atoms with E-state index in [4.69, 9.17) is 9.47 Å². The van der Waals surface area contributed by atoms with Gasteiger partial charge in [0.15, 0.2) is 6.71 Å². The summed E-state index contributed by atoms with van der Waals surface area (Å²) in [4.78, 5) is 0. The molecule has 0 spiro atoms. The van der Waals surface area contributed by atoms with Crippen LogP contribution in [-0.4, -0.2) is 13.3 Å². The Bertz CT molecular complexity index is 549. The van der Waals surface area contributed by atoms with E-state index < -0.39 is 0 Å². The minimum Gasteiger partial charge on any atom is -0.493 e. The number of ether oxygens (including phenoxy) is 2. The van der Waals surface area contributed by atoms with Crippen molar-refractivity contribution in [2.45, 2.75) is 33.4 Å². The molecule has 0 saturated heterocycles. The Labute approximate surface area is 128 Å². The Hall–Kier alpha value is -1.90. The standard InChI is InChI=1S/C18H23BO2/c1-4-5-13-20-17-7-6-8-18(14-17)21-16-11-9-15(10-12-16)19(2)3/h6-12,14H,4-5,13H2,1-3H3. The molecule has 3 heteroatoms. The summed E-state index contributed by atoms with van der Waals surface area (Å²) in [6, 6.07) is 16.1. The molecule has 0 bridgehead atoms. The normalized spacial score (nSPS) is 10.2. The van der Waals surface area contributed by atoms with Crippen molar-refractivity contribution in [1.29, 1.82) is 0 Å². The molecule has 0 amide bonds. The average molecular weight is 282 g/mol. The lowest BCUT2D eigenvalue weighted by atomic mass is 9.49. The summed E-state index contributed by atoms with van der Waals surface area (Å²) in [5, 5.41) is 0. The van der Waals surface area contributed by atoms with Crippen LogP contribution in [0, 0.1) is 0 Å². The van der Waals surface area contributed by atoms with Crippen LogP contribution in [0.25, 0.3) is 0 Å². The second-order valence-corrected chi connectivity index (χ2v) is 5.50. The molecule has 0 fully saturated rings. The molecule has 0 aromatic heterocycles. The van der Waals surface area contributed by atoms with Crippen LogP contribution in [0.1, 0.15) is 19.8 Å². The molecule has 0 heterocycles. The highest BCUT2D eigenvalue weighted by Crippen LogP contribution is 2.24. The Morgan fingerprint density at radius 3 is 2.29 bits per heavy atom. The van der Waals surface area contributed by atoms with Crippen molar-refractivity contribution >= 4 is 12.2 Å². The third kappa shape index (κ3) is 4.85. The summed E-state index contributed by atoms with van der Waals surface area (Å²) in [5.74, 6) is 2.52. The van der Waals surface area contributed by atoms with E-state index in [9.17, 15) is 0 Å². The van der Waals surface area contributed by atoms with Gasteiger partial charge in [-0.3, -0.25) is 0 Å². The molecule has 0 aliphatic heterocycles. The van der Waals surface area contributed by atoms with Gasteiger partial charge in [-0.25, -0.2) is 0 Å². The van der Waals surface area contributed by atoms with Gasteiger partial charge in [0.05, 0.1) is 6.61 Å². The van der Waals surface area contributed by atoms with Crippen LogP contribution in [0.5, 0.6) is 17.2 Å². The molecular formula is C18H23BO2. The molecule has 0 aliphatic rings. The maximum atomic E-state index is 5.88. The lowest BCUT2D eigenvalue weighted by Gasteiger charge is -2.10. The van der Waals surface area contributed by atoms with E-state index in [1.54, 1.807) is 0 Å². The highest BCUT2D eigenvalue weighted by Gasteiger charge is 2.04. The minimum absolute atomic E-state index is 0.536. The zero-order chi connectivity index (χ0) is 15.1. The van der Waals surface area contributed by atoms with Crippen LogP contribution in [0.15, 0.2) is 48.5 Å². The first-order valence-electron chi connectivity index (χ1n) is 7.69. The molecule has 0 unspecified atom stereocenters. The van der Waals surface area contributed by atoms with E-state index in [0.717, 1.165) is 36.7 Å². The topological polar surface area (TPSA) is 18.5 Å². The number of unbranched alkanes of at least 4 members (excludes halogenated alkanes) is 1. The van der Waals surface area contributed by atoms with E-state index >= 15 is 0 Å². The van der Waals surface area contributed by atoms with Gasteiger partial charge in [0.1, 0.15) is 17.2 Å². The first-order valence-corrected chi connectivity index (χ1v) is 7.69. The maximum Gasteiger partial charge on any atom is 0.169 e. The highest BCUT2D eigenvalue weighted by atomic mass is 16.5. The van der Waals surface area contributed by atoms with Crippen molar-refractivity contribution in [3.63, 3.8) is 0 Å². The predicted octanol–water partition coefficient (Wildman–Crippen LogP) is 4.62. The first-order chi connectivity index (χ1) is 10.2. The molecule has 2 rings (SSSR count). The lowest BCUT2D eigenvalue weighted by molar-refractivity contribution is 0.308. The summed E-state index contributed by atoms with van der Waals surface area (Å²) in [6.07, 6.45) is 2.21. The molecule has 0 aliphatic carbocycles. The van der Waals surface area contributed by atoms with Crippen molar-refractivity contribution in [3.8, 4) is 17.2 Å².